The van der Waals surface area contributed by atoms with Gasteiger partial charge in [0.05, 0.1) is 22.1 Å². The number of amides is 3. The number of aryl methyl sites for hydroxylation is 1. The van der Waals surface area contributed by atoms with E-state index >= 15 is 0 Å². The van der Waals surface area contributed by atoms with E-state index in [1.807, 2.05) is 25.1 Å². The van der Waals surface area contributed by atoms with Crippen molar-refractivity contribution >= 4 is 40.6 Å². The quantitative estimate of drug-likeness (QED) is 0.556. The lowest BCUT2D eigenvalue weighted by Crippen LogP contribution is -2.21. The average Bonchev–Trinajstić information content (AvgIpc) is 2.65. The number of halogens is 1. The number of urea groups is 1. The second-order valence-corrected chi connectivity index (χ2v) is 6.28. The zero-order valence-electron chi connectivity index (χ0n) is 14.6. The SMILES string of the molecule is Cc1ccccc1C(=O)Nc1ccccc1NC(=O)Nc1ccccc1Cl. The molecule has 3 rings (SSSR count). The second kappa shape index (κ2) is 8.38. The molecule has 0 fully saturated rings. The van der Waals surface area contributed by atoms with Crippen LogP contribution in [-0.2, 0) is 0 Å². The number of nitrogens with one attached hydrogen (secondary N) is 3. The van der Waals surface area contributed by atoms with E-state index in [0.717, 1.165) is 5.56 Å². The molecule has 0 aromatic heterocycles. The number of rotatable bonds is 4. The molecule has 0 heterocycles. The van der Waals surface area contributed by atoms with E-state index in [1.165, 1.54) is 0 Å². The van der Waals surface area contributed by atoms with Crippen molar-refractivity contribution in [3.8, 4) is 0 Å². The summed E-state index contributed by atoms with van der Waals surface area (Å²) in [6.45, 7) is 1.87. The molecule has 0 unspecified atom stereocenters. The predicted molar refractivity (Wildman–Crippen MR) is 110 cm³/mol. The average molecular weight is 380 g/mol. The van der Waals surface area contributed by atoms with Crippen molar-refractivity contribution in [3.63, 3.8) is 0 Å². The van der Waals surface area contributed by atoms with Gasteiger partial charge >= 0.3 is 6.03 Å². The van der Waals surface area contributed by atoms with Gasteiger partial charge in [0.1, 0.15) is 0 Å². The Balaban J connectivity index is 1.74. The molecule has 0 radical (unpaired) electrons. The Hall–Kier alpha value is -3.31. The maximum absolute atomic E-state index is 12.6. The minimum Gasteiger partial charge on any atom is -0.320 e. The third kappa shape index (κ3) is 4.65. The van der Waals surface area contributed by atoms with Gasteiger partial charge in [-0.15, -0.1) is 0 Å². The van der Waals surface area contributed by atoms with Gasteiger partial charge in [-0.25, -0.2) is 4.79 Å². The molecule has 3 aromatic rings. The molecule has 0 bridgehead atoms. The van der Waals surface area contributed by atoms with Gasteiger partial charge in [-0.3, -0.25) is 4.79 Å². The van der Waals surface area contributed by atoms with Crippen LogP contribution in [0.2, 0.25) is 5.02 Å². The highest BCUT2D eigenvalue weighted by atomic mass is 35.5. The van der Waals surface area contributed by atoms with E-state index in [0.29, 0.717) is 27.6 Å². The summed E-state index contributed by atoms with van der Waals surface area (Å²) in [5.74, 6) is -0.242. The molecular weight excluding hydrogens is 362 g/mol. The molecule has 0 aliphatic rings. The zero-order chi connectivity index (χ0) is 19.2. The minimum absolute atomic E-state index is 0.242. The van der Waals surface area contributed by atoms with Crippen molar-refractivity contribution in [1.82, 2.24) is 0 Å². The van der Waals surface area contributed by atoms with Gasteiger partial charge < -0.3 is 16.0 Å². The Bertz CT molecular complexity index is 988. The van der Waals surface area contributed by atoms with Crippen LogP contribution in [0.25, 0.3) is 0 Å². The van der Waals surface area contributed by atoms with Crippen LogP contribution >= 0.6 is 11.6 Å². The van der Waals surface area contributed by atoms with Crippen LogP contribution in [0.15, 0.2) is 72.8 Å². The van der Waals surface area contributed by atoms with E-state index < -0.39 is 6.03 Å². The fourth-order valence-corrected chi connectivity index (χ4v) is 2.74. The summed E-state index contributed by atoms with van der Waals surface area (Å²) in [5.41, 5.74) is 2.92. The number of para-hydroxylation sites is 3. The molecule has 0 atom stereocenters. The molecular formula is C21H18ClN3O2. The smallest absolute Gasteiger partial charge is 0.320 e. The Morgan fingerprint density at radius 2 is 1.22 bits per heavy atom. The molecule has 0 aliphatic heterocycles. The highest BCUT2D eigenvalue weighted by molar-refractivity contribution is 6.33. The van der Waals surface area contributed by atoms with Crippen molar-refractivity contribution < 1.29 is 9.59 Å². The number of hydrogen-bond acceptors (Lipinski definition) is 2. The van der Waals surface area contributed by atoms with Crippen LogP contribution in [0, 0.1) is 6.92 Å². The van der Waals surface area contributed by atoms with Crippen molar-refractivity contribution in [1.29, 1.82) is 0 Å². The molecule has 136 valence electrons. The topological polar surface area (TPSA) is 70.2 Å². The molecule has 0 aliphatic carbocycles. The number of benzene rings is 3. The Morgan fingerprint density at radius 3 is 1.89 bits per heavy atom. The van der Waals surface area contributed by atoms with E-state index in [9.17, 15) is 9.59 Å². The van der Waals surface area contributed by atoms with Crippen LogP contribution in [0.3, 0.4) is 0 Å². The number of carbonyl (C=O) groups excluding carboxylic acids is 2. The summed E-state index contributed by atoms with van der Waals surface area (Å²) in [6, 6.07) is 20.8. The van der Waals surface area contributed by atoms with E-state index in [1.54, 1.807) is 54.6 Å². The van der Waals surface area contributed by atoms with Crippen molar-refractivity contribution in [2.75, 3.05) is 16.0 Å². The van der Waals surface area contributed by atoms with Crippen LogP contribution in [0.1, 0.15) is 15.9 Å². The summed E-state index contributed by atoms with van der Waals surface area (Å²) in [6.07, 6.45) is 0. The summed E-state index contributed by atoms with van der Waals surface area (Å²) in [5, 5.41) is 8.70. The lowest BCUT2D eigenvalue weighted by Gasteiger charge is -2.14. The van der Waals surface area contributed by atoms with Crippen LogP contribution in [0.4, 0.5) is 21.9 Å². The van der Waals surface area contributed by atoms with E-state index in [2.05, 4.69) is 16.0 Å². The fourth-order valence-electron chi connectivity index (χ4n) is 2.56. The fraction of sp³-hybridized carbons (Fsp3) is 0.0476. The normalized spacial score (nSPS) is 10.1. The highest BCUT2D eigenvalue weighted by Crippen LogP contribution is 2.24. The minimum atomic E-state index is -0.458. The van der Waals surface area contributed by atoms with Gasteiger partial charge in [-0.2, -0.15) is 0 Å². The van der Waals surface area contributed by atoms with Gasteiger partial charge in [0.15, 0.2) is 0 Å². The molecule has 3 aromatic carbocycles. The van der Waals surface area contributed by atoms with E-state index in [4.69, 9.17) is 11.6 Å². The molecule has 5 nitrogen and oxygen atoms in total. The number of hydrogen-bond donors (Lipinski definition) is 3. The summed E-state index contributed by atoms with van der Waals surface area (Å²) in [7, 11) is 0. The van der Waals surface area contributed by atoms with Gasteiger partial charge in [0.25, 0.3) is 5.91 Å². The largest absolute Gasteiger partial charge is 0.323 e. The lowest BCUT2D eigenvalue weighted by atomic mass is 10.1. The van der Waals surface area contributed by atoms with Gasteiger partial charge in [0.2, 0.25) is 0 Å². The van der Waals surface area contributed by atoms with Gasteiger partial charge in [-0.1, -0.05) is 54.1 Å². The number of carbonyl (C=O) groups is 2. The molecule has 3 N–H and O–H groups in total. The lowest BCUT2D eigenvalue weighted by molar-refractivity contribution is 0.102. The first-order valence-electron chi connectivity index (χ1n) is 8.33. The van der Waals surface area contributed by atoms with Crippen molar-refractivity contribution in [2.24, 2.45) is 0 Å². The third-order valence-corrected chi connectivity index (χ3v) is 4.26. The predicted octanol–water partition coefficient (Wildman–Crippen LogP) is 5.54. The molecule has 0 saturated heterocycles. The van der Waals surface area contributed by atoms with Crippen LogP contribution in [-0.4, -0.2) is 11.9 Å². The molecule has 27 heavy (non-hydrogen) atoms. The maximum Gasteiger partial charge on any atom is 0.323 e. The first-order valence-corrected chi connectivity index (χ1v) is 8.71. The van der Waals surface area contributed by atoms with Gasteiger partial charge in [0, 0.05) is 5.56 Å². The Kier molecular flexibility index (Phi) is 5.74. The second-order valence-electron chi connectivity index (χ2n) is 5.87. The van der Waals surface area contributed by atoms with Crippen LogP contribution < -0.4 is 16.0 Å². The highest BCUT2D eigenvalue weighted by Gasteiger charge is 2.13. The molecule has 0 spiro atoms. The van der Waals surface area contributed by atoms with Crippen molar-refractivity contribution in [3.05, 3.63) is 88.9 Å². The maximum atomic E-state index is 12.6. The monoisotopic (exact) mass is 379 g/mol. The standard InChI is InChI=1S/C21H18ClN3O2/c1-14-8-2-3-9-15(14)20(26)23-18-12-6-7-13-19(18)25-21(27)24-17-11-5-4-10-16(17)22/h2-13H,1H3,(H,23,26)(H2,24,25,27). The summed E-state index contributed by atoms with van der Waals surface area (Å²) in [4.78, 5) is 24.9. The number of anilines is 3. The van der Waals surface area contributed by atoms with Crippen LogP contribution in [0.5, 0.6) is 0 Å². The third-order valence-electron chi connectivity index (χ3n) is 3.94. The summed E-state index contributed by atoms with van der Waals surface area (Å²) < 4.78 is 0. The van der Waals surface area contributed by atoms with Crippen molar-refractivity contribution in [2.45, 2.75) is 6.92 Å². The molecule has 0 saturated carbocycles. The first-order chi connectivity index (χ1) is 13.0. The molecule has 3 amide bonds. The Morgan fingerprint density at radius 1 is 0.704 bits per heavy atom. The van der Waals surface area contributed by atoms with Gasteiger partial charge in [-0.05, 0) is 42.8 Å². The Labute approximate surface area is 162 Å². The van der Waals surface area contributed by atoms with E-state index in [-0.39, 0.29) is 5.91 Å². The zero-order valence-corrected chi connectivity index (χ0v) is 15.4. The molecule has 6 heteroatoms. The first kappa shape index (κ1) is 18.5. The summed E-state index contributed by atoms with van der Waals surface area (Å²) >= 11 is 6.05.